The van der Waals surface area contributed by atoms with Gasteiger partial charge in [-0.2, -0.15) is 8.78 Å². The molecule has 0 spiro atoms. The summed E-state index contributed by atoms with van der Waals surface area (Å²) >= 11 is 0. The molecule has 1 aliphatic heterocycles. The number of carbonyl (C=O) groups excluding carboxylic acids is 1. The summed E-state index contributed by atoms with van der Waals surface area (Å²) in [7, 11) is 0. The van der Waals surface area contributed by atoms with E-state index in [0.29, 0.717) is 12.2 Å². The number of halogens is 2. The number of para-hydroxylation sites is 1. The van der Waals surface area contributed by atoms with Crippen molar-refractivity contribution in [3.63, 3.8) is 0 Å². The van der Waals surface area contributed by atoms with E-state index in [1.165, 1.54) is 6.07 Å². The van der Waals surface area contributed by atoms with E-state index in [9.17, 15) is 13.6 Å². The second-order valence-corrected chi connectivity index (χ2v) is 6.55. The molecule has 1 amide bonds. The summed E-state index contributed by atoms with van der Waals surface area (Å²) in [5.41, 5.74) is 2.16. The third-order valence-electron chi connectivity index (χ3n) is 4.70. The molecule has 4 rings (SSSR count). The maximum absolute atomic E-state index is 13.0. The molecule has 1 saturated carbocycles. The molecule has 27 heavy (non-hydrogen) atoms. The Labute approximate surface area is 155 Å². The van der Waals surface area contributed by atoms with E-state index in [0.717, 1.165) is 24.1 Å². The average Bonchev–Trinajstić information content (AvgIpc) is 3.48. The summed E-state index contributed by atoms with van der Waals surface area (Å²) in [5.74, 6) is 0.193. The number of benzene rings is 2. The normalized spacial score (nSPS) is 18.9. The monoisotopic (exact) mass is 374 g/mol. The Balaban J connectivity index is 1.72. The first-order chi connectivity index (χ1) is 13.1. The SMILES string of the molecule is CCOc1cc(C2Nc3ccccc3C(=O)N2C2CC2)ccc1OC(F)F. The van der Waals surface area contributed by atoms with Gasteiger partial charge in [0.15, 0.2) is 11.5 Å². The zero-order valence-electron chi connectivity index (χ0n) is 14.8. The lowest BCUT2D eigenvalue weighted by molar-refractivity contribution is -0.0514. The number of hydrogen-bond acceptors (Lipinski definition) is 4. The van der Waals surface area contributed by atoms with Crippen molar-refractivity contribution in [1.29, 1.82) is 0 Å². The van der Waals surface area contributed by atoms with Crippen LogP contribution in [0, 0.1) is 0 Å². The summed E-state index contributed by atoms with van der Waals surface area (Å²) in [5, 5.41) is 3.41. The van der Waals surface area contributed by atoms with E-state index in [4.69, 9.17) is 4.74 Å². The molecule has 1 atom stereocenters. The van der Waals surface area contributed by atoms with Gasteiger partial charge < -0.3 is 19.7 Å². The highest BCUT2D eigenvalue weighted by Gasteiger charge is 2.42. The summed E-state index contributed by atoms with van der Waals surface area (Å²) in [6.45, 7) is -0.845. The molecule has 142 valence electrons. The van der Waals surface area contributed by atoms with Crippen LogP contribution in [-0.2, 0) is 0 Å². The van der Waals surface area contributed by atoms with Gasteiger partial charge in [0, 0.05) is 11.7 Å². The minimum Gasteiger partial charge on any atom is -0.490 e. The summed E-state index contributed by atoms with van der Waals surface area (Å²) in [6, 6.07) is 12.4. The molecule has 2 aliphatic rings. The molecule has 2 aromatic rings. The maximum atomic E-state index is 13.0. The maximum Gasteiger partial charge on any atom is 0.387 e. The minimum atomic E-state index is -2.93. The number of amides is 1. The third-order valence-corrected chi connectivity index (χ3v) is 4.70. The van der Waals surface area contributed by atoms with E-state index in [2.05, 4.69) is 10.1 Å². The largest absolute Gasteiger partial charge is 0.490 e. The van der Waals surface area contributed by atoms with Gasteiger partial charge in [0.05, 0.1) is 12.2 Å². The lowest BCUT2D eigenvalue weighted by Gasteiger charge is -2.38. The van der Waals surface area contributed by atoms with Crippen molar-refractivity contribution in [3.8, 4) is 11.5 Å². The predicted molar refractivity (Wildman–Crippen MR) is 96.2 cm³/mol. The van der Waals surface area contributed by atoms with Crippen LogP contribution in [-0.4, -0.2) is 30.1 Å². The van der Waals surface area contributed by atoms with E-state index in [1.807, 2.05) is 29.2 Å². The molecular formula is C20H20F2N2O3. The molecule has 1 N–H and O–H groups in total. The van der Waals surface area contributed by atoms with Crippen LogP contribution >= 0.6 is 0 Å². The smallest absolute Gasteiger partial charge is 0.387 e. The highest BCUT2D eigenvalue weighted by atomic mass is 19.3. The molecule has 7 heteroatoms. The van der Waals surface area contributed by atoms with Crippen LogP contribution in [0.25, 0.3) is 0 Å². The van der Waals surface area contributed by atoms with E-state index < -0.39 is 6.61 Å². The van der Waals surface area contributed by atoms with Crippen LogP contribution in [0.2, 0.25) is 0 Å². The van der Waals surface area contributed by atoms with Gasteiger partial charge in [0.1, 0.15) is 6.17 Å². The van der Waals surface area contributed by atoms with Crippen LogP contribution in [0.4, 0.5) is 14.5 Å². The number of fused-ring (bicyclic) bond motifs is 1. The second kappa shape index (κ2) is 7.06. The van der Waals surface area contributed by atoms with Crippen LogP contribution in [0.15, 0.2) is 42.5 Å². The number of carbonyl (C=O) groups is 1. The van der Waals surface area contributed by atoms with Crippen molar-refractivity contribution in [1.82, 2.24) is 4.90 Å². The standard InChI is InChI=1S/C20H20F2N2O3/c1-2-26-17-11-12(7-10-16(17)27-20(21)22)18-23-15-6-4-3-5-14(15)19(25)24(18)13-8-9-13/h3-7,10-11,13,18,20,23H,2,8-9H2,1H3. The van der Waals surface area contributed by atoms with Gasteiger partial charge in [-0.25, -0.2) is 0 Å². The molecule has 1 heterocycles. The second-order valence-electron chi connectivity index (χ2n) is 6.55. The Bertz CT molecular complexity index is 855. The Morgan fingerprint density at radius 2 is 1.96 bits per heavy atom. The summed E-state index contributed by atoms with van der Waals surface area (Å²) < 4.78 is 35.3. The fourth-order valence-corrected chi connectivity index (χ4v) is 3.40. The first kappa shape index (κ1) is 17.6. The van der Waals surface area contributed by atoms with E-state index in [-0.39, 0.29) is 29.6 Å². The van der Waals surface area contributed by atoms with E-state index in [1.54, 1.807) is 19.1 Å². The molecule has 1 aliphatic carbocycles. The molecule has 5 nitrogen and oxygen atoms in total. The number of anilines is 1. The Hall–Kier alpha value is -2.83. The molecule has 0 radical (unpaired) electrons. The molecule has 0 saturated heterocycles. The zero-order chi connectivity index (χ0) is 19.0. The predicted octanol–water partition coefficient (Wildman–Crippen LogP) is 4.42. The fraction of sp³-hybridized carbons (Fsp3) is 0.350. The van der Waals surface area contributed by atoms with Crippen molar-refractivity contribution in [2.75, 3.05) is 11.9 Å². The quantitative estimate of drug-likeness (QED) is 0.813. The van der Waals surface area contributed by atoms with Gasteiger partial charge in [0.25, 0.3) is 5.91 Å². The molecule has 1 unspecified atom stereocenters. The minimum absolute atomic E-state index is 0.0175. The van der Waals surface area contributed by atoms with Gasteiger partial charge >= 0.3 is 6.61 Å². The Morgan fingerprint density at radius 3 is 2.67 bits per heavy atom. The van der Waals surface area contributed by atoms with Crippen molar-refractivity contribution in [2.24, 2.45) is 0 Å². The summed E-state index contributed by atoms with van der Waals surface area (Å²) in [4.78, 5) is 14.9. The number of rotatable bonds is 6. The van der Waals surface area contributed by atoms with Crippen molar-refractivity contribution < 1.29 is 23.0 Å². The molecular weight excluding hydrogens is 354 g/mol. The molecule has 1 fully saturated rings. The van der Waals surface area contributed by atoms with Crippen molar-refractivity contribution >= 4 is 11.6 Å². The fourth-order valence-electron chi connectivity index (χ4n) is 3.40. The van der Waals surface area contributed by atoms with Gasteiger partial charge in [-0.05, 0) is 49.6 Å². The lowest BCUT2D eigenvalue weighted by atomic mass is 10.0. The topological polar surface area (TPSA) is 50.8 Å². The average molecular weight is 374 g/mol. The van der Waals surface area contributed by atoms with Crippen LogP contribution < -0.4 is 14.8 Å². The van der Waals surface area contributed by atoms with Crippen LogP contribution in [0.1, 0.15) is 41.9 Å². The first-order valence-electron chi connectivity index (χ1n) is 8.98. The number of hydrogen-bond donors (Lipinski definition) is 1. The number of ether oxygens (including phenoxy) is 2. The molecule has 2 aromatic carbocycles. The zero-order valence-corrected chi connectivity index (χ0v) is 14.8. The Kier molecular flexibility index (Phi) is 4.59. The first-order valence-corrected chi connectivity index (χ1v) is 8.98. The van der Waals surface area contributed by atoms with Crippen LogP contribution in [0.5, 0.6) is 11.5 Å². The lowest BCUT2D eigenvalue weighted by Crippen LogP contribution is -2.44. The molecule has 0 aromatic heterocycles. The van der Waals surface area contributed by atoms with Crippen LogP contribution in [0.3, 0.4) is 0 Å². The van der Waals surface area contributed by atoms with E-state index >= 15 is 0 Å². The van der Waals surface area contributed by atoms with Crippen molar-refractivity contribution in [3.05, 3.63) is 53.6 Å². The van der Waals surface area contributed by atoms with Gasteiger partial charge in [-0.1, -0.05) is 18.2 Å². The Morgan fingerprint density at radius 1 is 1.19 bits per heavy atom. The number of nitrogens with zero attached hydrogens (tertiary/aromatic N) is 1. The third kappa shape index (κ3) is 3.41. The number of nitrogens with one attached hydrogen (secondary N) is 1. The molecule has 0 bridgehead atoms. The van der Waals surface area contributed by atoms with Gasteiger partial charge in [-0.3, -0.25) is 4.79 Å². The van der Waals surface area contributed by atoms with Gasteiger partial charge in [0.2, 0.25) is 0 Å². The highest BCUT2D eigenvalue weighted by Crippen LogP contribution is 2.42. The van der Waals surface area contributed by atoms with Gasteiger partial charge in [-0.15, -0.1) is 0 Å². The summed E-state index contributed by atoms with van der Waals surface area (Å²) in [6.07, 6.45) is 1.52. The highest BCUT2D eigenvalue weighted by molar-refractivity contribution is 6.02. The van der Waals surface area contributed by atoms with Crippen molar-refractivity contribution in [2.45, 2.75) is 38.6 Å². The number of alkyl halides is 2.